The Kier molecular flexibility index (Phi) is 4.67. The third-order valence-electron chi connectivity index (χ3n) is 2.30. The summed E-state index contributed by atoms with van der Waals surface area (Å²) in [6.07, 6.45) is -4.32. The van der Waals surface area contributed by atoms with Gasteiger partial charge in [0.2, 0.25) is 0 Å². The number of ether oxygens (including phenoxy) is 1. The van der Waals surface area contributed by atoms with Crippen LogP contribution in [0.5, 0.6) is 0 Å². The van der Waals surface area contributed by atoms with Gasteiger partial charge in [-0.25, -0.2) is 9.78 Å². The SMILES string of the molecule is CCN(Cc1nc(C(F)(F)F)c[nH]1)C(=O)OC(C)(C)C. The normalized spacial score (nSPS) is 12.3. The molecule has 1 heterocycles. The first-order chi connectivity index (χ1) is 9.03. The van der Waals surface area contributed by atoms with Gasteiger partial charge in [0.05, 0.1) is 6.54 Å². The number of hydrogen-bond acceptors (Lipinski definition) is 3. The Balaban J connectivity index is 2.74. The molecule has 5 nitrogen and oxygen atoms in total. The molecule has 1 amide bonds. The van der Waals surface area contributed by atoms with E-state index in [9.17, 15) is 18.0 Å². The molecule has 1 aromatic rings. The lowest BCUT2D eigenvalue weighted by Gasteiger charge is -2.25. The number of nitrogens with zero attached hydrogens (tertiary/aromatic N) is 2. The van der Waals surface area contributed by atoms with Gasteiger partial charge in [-0.05, 0) is 27.7 Å². The van der Waals surface area contributed by atoms with E-state index < -0.39 is 23.6 Å². The van der Waals surface area contributed by atoms with Gasteiger partial charge in [-0.1, -0.05) is 0 Å². The van der Waals surface area contributed by atoms with Crippen LogP contribution in [0.25, 0.3) is 0 Å². The predicted octanol–water partition coefficient (Wildman–Crippen LogP) is 3.19. The minimum absolute atomic E-state index is 0.0602. The van der Waals surface area contributed by atoms with E-state index in [4.69, 9.17) is 4.74 Å². The molecule has 1 aromatic heterocycles. The minimum Gasteiger partial charge on any atom is -0.444 e. The summed E-state index contributed by atoms with van der Waals surface area (Å²) in [7, 11) is 0. The number of carbonyl (C=O) groups is 1. The summed E-state index contributed by atoms with van der Waals surface area (Å²) in [5, 5.41) is 0. The highest BCUT2D eigenvalue weighted by atomic mass is 19.4. The Morgan fingerprint density at radius 1 is 1.40 bits per heavy atom. The number of H-pyrrole nitrogens is 1. The maximum absolute atomic E-state index is 12.4. The highest BCUT2D eigenvalue weighted by molar-refractivity contribution is 5.67. The monoisotopic (exact) mass is 293 g/mol. The summed E-state index contributed by atoms with van der Waals surface area (Å²) in [6.45, 7) is 7.09. The number of rotatable bonds is 3. The largest absolute Gasteiger partial charge is 0.444 e. The second kappa shape index (κ2) is 5.72. The summed E-state index contributed by atoms with van der Waals surface area (Å²) in [6, 6.07) is 0. The number of amides is 1. The molecule has 0 spiro atoms. The molecule has 0 atom stereocenters. The molecule has 0 aliphatic rings. The molecule has 0 aromatic carbocycles. The van der Waals surface area contributed by atoms with Gasteiger partial charge in [-0.2, -0.15) is 13.2 Å². The average Bonchev–Trinajstić information content (AvgIpc) is 2.71. The molecule has 0 unspecified atom stereocenters. The van der Waals surface area contributed by atoms with Gasteiger partial charge in [0.1, 0.15) is 11.4 Å². The van der Waals surface area contributed by atoms with Crippen LogP contribution in [0.15, 0.2) is 6.20 Å². The molecule has 20 heavy (non-hydrogen) atoms. The lowest BCUT2D eigenvalue weighted by atomic mass is 10.2. The van der Waals surface area contributed by atoms with Gasteiger partial charge >= 0.3 is 12.3 Å². The fourth-order valence-electron chi connectivity index (χ4n) is 1.40. The minimum atomic E-state index is -4.50. The van der Waals surface area contributed by atoms with Crippen molar-refractivity contribution in [3.05, 3.63) is 17.7 Å². The molecular formula is C12H18F3N3O2. The molecule has 0 aliphatic carbocycles. The Morgan fingerprint density at radius 3 is 2.40 bits per heavy atom. The third-order valence-corrected chi connectivity index (χ3v) is 2.30. The van der Waals surface area contributed by atoms with E-state index in [-0.39, 0.29) is 12.4 Å². The zero-order chi connectivity index (χ0) is 15.6. The number of hydrogen-bond donors (Lipinski definition) is 1. The first-order valence-electron chi connectivity index (χ1n) is 6.12. The summed E-state index contributed by atoms with van der Waals surface area (Å²) in [5.74, 6) is 0.0602. The Bertz CT molecular complexity index is 463. The van der Waals surface area contributed by atoms with Crippen molar-refractivity contribution >= 4 is 6.09 Å². The van der Waals surface area contributed by atoms with Crippen LogP contribution in [-0.4, -0.2) is 33.1 Å². The van der Waals surface area contributed by atoms with E-state index >= 15 is 0 Å². The fraction of sp³-hybridized carbons (Fsp3) is 0.667. The molecule has 0 saturated heterocycles. The number of imidazole rings is 1. The van der Waals surface area contributed by atoms with Crippen molar-refractivity contribution in [2.75, 3.05) is 6.54 Å². The average molecular weight is 293 g/mol. The van der Waals surface area contributed by atoms with Gasteiger partial charge < -0.3 is 14.6 Å². The lowest BCUT2D eigenvalue weighted by molar-refractivity contribution is -0.140. The smallest absolute Gasteiger partial charge is 0.434 e. The van der Waals surface area contributed by atoms with Crippen molar-refractivity contribution in [3.63, 3.8) is 0 Å². The maximum atomic E-state index is 12.4. The number of aromatic nitrogens is 2. The quantitative estimate of drug-likeness (QED) is 0.931. The third kappa shape index (κ3) is 4.75. The van der Waals surface area contributed by atoms with Crippen LogP contribution in [0.3, 0.4) is 0 Å². The molecule has 0 aliphatic heterocycles. The second-order valence-corrected chi connectivity index (χ2v) is 5.22. The Morgan fingerprint density at radius 2 is 2.00 bits per heavy atom. The first-order valence-corrected chi connectivity index (χ1v) is 6.12. The molecule has 1 N–H and O–H groups in total. The van der Waals surface area contributed by atoms with Crippen LogP contribution in [0.1, 0.15) is 39.2 Å². The number of alkyl halides is 3. The van der Waals surface area contributed by atoms with Crippen molar-refractivity contribution in [2.45, 2.75) is 46.0 Å². The van der Waals surface area contributed by atoms with Crippen LogP contribution in [0, 0.1) is 0 Å². The van der Waals surface area contributed by atoms with Crippen LogP contribution >= 0.6 is 0 Å². The van der Waals surface area contributed by atoms with E-state index in [1.54, 1.807) is 27.7 Å². The highest BCUT2D eigenvalue weighted by Crippen LogP contribution is 2.27. The molecule has 0 bridgehead atoms. The van der Waals surface area contributed by atoms with Gasteiger partial charge in [-0.15, -0.1) is 0 Å². The van der Waals surface area contributed by atoms with Crippen LogP contribution in [0.2, 0.25) is 0 Å². The van der Waals surface area contributed by atoms with Crippen LogP contribution < -0.4 is 0 Å². The molecule has 1 rings (SSSR count). The number of nitrogens with one attached hydrogen (secondary N) is 1. The van der Waals surface area contributed by atoms with E-state index in [1.807, 2.05) is 0 Å². The topological polar surface area (TPSA) is 58.2 Å². The molecule has 0 fully saturated rings. The van der Waals surface area contributed by atoms with Gasteiger partial charge in [0.15, 0.2) is 5.69 Å². The van der Waals surface area contributed by atoms with Gasteiger partial charge in [-0.3, -0.25) is 0 Å². The number of halogens is 3. The summed E-state index contributed by atoms with van der Waals surface area (Å²) >= 11 is 0. The molecule has 0 saturated carbocycles. The van der Waals surface area contributed by atoms with Gasteiger partial charge in [0.25, 0.3) is 0 Å². The predicted molar refractivity (Wildman–Crippen MR) is 65.9 cm³/mol. The highest BCUT2D eigenvalue weighted by Gasteiger charge is 2.34. The van der Waals surface area contributed by atoms with E-state index in [0.717, 1.165) is 6.20 Å². The first kappa shape index (κ1) is 16.3. The zero-order valence-corrected chi connectivity index (χ0v) is 11.8. The van der Waals surface area contributed by atoms with Crippen LogP contribution in [-0.2, 0) is 17.5 Å². The Labute approximate surface area is 115 Å². The molecule has 0 radical (unpaired) electrons. The number of aromatic amines is 1. The molecular weight excluding hydrogens is 275 g/mol. The fourth-order valence-corrected chi connectivity index (χ4v) is 1.40. The summed E-state index contributed by atoms with van der Waals surface area (Å²) in [4.78, 5) is 18.9. The Hall–Kier alpha value is -1.73. The maximum Gasteiger partial charge on any atom is 0.434 e. The van der Waals surface area contributed by atoms with Crippen molar-refractivity contribution < 1.29 is 22.7 Å². The van der Waals surface area contributed by atoms with Crippen molar-refractivity contribution in [3.8, 4) is 0 Å². The second-order valence-electron chi connectivity index (χ2n) is 5.22. The zero-order valence-electron chi connectivity index (χ0n) is 11.8. The standard InChI is InChI=1S/C12H18F3N3O2/c1-5-18(10(19)20-11(2,3)4)7-9-16-6-8(17-9)12(13,14)15/h6H,5,7H2,1-4H3,(H,16,17). The molecule has 114 valence electrons. The molecule has 8 heteroatoms. The lowest BCUT2D eigenvalue weighted by Crippen LogP contribution is -2.36. The summed E-state index contributed by atoms with van der Waals surface area (Å²) < 4.78 is 42.4. The van der Waals surface area contributed by atoms with Gasteiger partial charge in [0, 0.05) is 12.7 Å². The van der Waals surface area contributed by atoms with Crippen molar-refractivity contribution in [2.24, 2.45) is 0 Å². The summed E-state index contributed by atoms with van der Waals surface area (Å²) in [5.41, 5.74) is -1.67. The van der Waals surface area contributed by atoms with E-state index in [2.05, 4.69) is 9.97 Å². The van der Waals surface area contributed by atoms with Crippen LogP contribution in [0.4, 0.5) is 18.0 Å². The van der Waals surface area contributed by atoms with Crippen molar-refractivity contribution in [1.29, 1.82) is 0 Å². The van der Waals surface area contributed by atoms with E-state index in [0.29, 0.717) is 6.54 Å². The van der Waals surface area contributed by atoms with Crippen molar-refractivity contribution in [1.82, 2.24) is 14.9 Å². The van der Waals surface area contributed by atoms with E-state index in [1.165, 1.54) is 4.90 Å². The number of carbonyl (C=O) groups excluding carboxylic acids is 1.